The van der Waals surface area contributed by atoms with Gasteiger partial charge in [-0.3, -0.25) is 4.79 Å². The van der Waals surface area contributed by atoms with E-state index in [4.69, 9.17) is 9.84 Å². The molecule has 0 radical (unpaired) electrons. The Morgan fingerprint density at radius 1 is 1.07 bits per heavy atom. The largest absolute Gasteiger partial charge is 0.481 e. The van der Waals surface area contributed by atoms with Gasteiger partial charge in [0, 0.05) is 19.6 Å². The average Bonchev–Trinajstić information content (AvgIpc) is 2.15. The molecule has 0 atom stereocenters. The highest BCUT2D eigenvalue weighted by atomic mass is 16.5. The van der Waals surface area contributed by atoms with Gasteiger partial charge in [0.25, 0.3) is 0 Å². The lowest BCUT2D eigenvalue weighted by atomic mass is 10.2. The van der Waals surface area contributed by atoms with Crippen LogP contribution in [0, 0.1) is 0 Å². The van der Waals surface area contributed by atoms with Crippen molar-refractivity contribution in [3.8, 4) is 0 Å². The topological polar surface area (TPSA) is 46.5 Å². The number of aliphatic carboxylic acids is 1. The molecule has 3 nitrogen and oxygen atoms in total. The Morgan fingerprint density at radius 3 is 2.36 bits per heavy atom. The van der Waals surface area contributed by atoms with Crippen molar-refractivity contribution < 1.29 is 14.6 Å². The van der Waals surface area contributed by atoms with E-state index >= 15 is 0 Å². The van der Waals surface area contributed by atoms with Crippen LogP contribution in [-0.4, -0.2) is 24.3 Å². The molecule has 0 saturated heterocycles. The molecule has 1 N–H and O–H groups in total. The lowest BCUT2D eigenvalue weighted by Gasteiger charge is -2.02. The molecule has 0 spiro atoms. The maximum atomic E-state index is 10.2. The molecular formula is C11H22O3. The van der Waals surface area contributed by atoms with Crippen molar-refractivity contribution >= 4 is 5.97 Å². The van der Waals surface area contributed by atoms with Crippen molar-refractivity contribution in [1.82, 2.24) is 0 Å². The van der Waals surface area contributed by atoms with Gasteiger partial charge >= 0.3 is 5.97 Å². The Balaban J connectivity index is 2.88. The highest BCUT2D eigenvalue weighted by Gasteiger charge is 1.96. The van der Waals surface area contributed by atoms with Gasteiger partial charge < -0.3 is 9.84 Å². The molecule has 0 aromatic heterocycles. The highest BCUT2D eigenvalue weighted by molar-refractivity contribution is 5.66. The van der Waals surface area contributed by atoms with E-state index < -0.39 is 5.97 Å². The Morgan fingerprint density at radius 2 is 1.71 bits per heavy atom. The fourth-order valence-electron chi connectivity index (χ4n) is 1.24. The van der Waals surface area contributed by atoms with Crippen LogP contribution < -0.4 is 0 Å². The lowest BCUT2D eigenvalue weighted by molar-refractivity contribution is -0.137. The van der Waals surface area contributed by atoms with Crippen LogP contribution in [0.2, 0.25) is 0 Å². The lowest BCUT2D eigenvalue weighted by Crippen LogP contribution is -2.01. The average molecular weight is 202 g/mol. The van der Waals surface area contributed by atoms with Crippen LogP contribution >= 0.6 is 0 Å². The van der Waals surface area contributed by atoms with Gasteiger partial charge in [-0.25, -0.2) is 0 Å². The number of hydrogen-bond acceptors (Lipinski definition) is 2. The molecule has 0 saturated carbocycles. The van der Waals surface area contributed by atoms with Crippen LogP contribution in [0.25, 0.3) is 0 Å². The molecule has 3 heteroatoms. The first-order valence-electron chi connectivity index (χ1n) is 5.57. The molecule has 0 rings (SSSR count). The van der Waals surface area contributed by atoms with Crippen molar-refractivity contribution in [3.05, 3.63) is 0 Å². The third kappa shape index (κ3) is 11.4. The summed E-state index contributed by atoms with van der Waals surface area (Å²) in [4.78, 5) is 10.2. The molecule has 0 aliphatic rings. The zero-order valence-electron chi connectivity index (χ0n) is 9.13. The molecule has 0 bridgehead atoms. The third-order valence-corrected chi connectivity index (χ3v) is 2.07. The Labute approximate surface area is 86.5 Å². The molecule has 0 aromatic carbocycles. The SMILES string of the molecule is CCCCCCCOCCCC(=O)O. The highest BCUT2D eigenvalue weighted by Crippen LogP contribution is 2.02. The van der Waals surface area contributed by atoms with Gasteiger partial charge in [-0.1, -0.05) is 32.6 Å². The zero-order valence-corrected chi connectivity index (χ0v) is 9.13. The van der Waals surface area contributed by atoms with Crippen molar-refractivity contribution in [2.75, 3.05) is 13.2 Å². The normalized spacial score (nSPS) is 10.4. The minimum atomic E-state index is -0.739. The number of ether oxygens (including phenoxy) is 1. The van der Waals surface area contributed by atoms with E-state index in [0.717, 1.165) is 13.0 Å². The van der Waals surface area contributed by atoms with Crippen molar-refractivity contribution in [2.45, 2.75) is 51.9 Å². The van der Waals surface area contributed by atoms with Crippen LogP contribution in [0.1, 0.15) is 51.9 Å². The van der Waals surface area contributed by atoms with E-state index in [1.54, 1.807) is 0 Å². The summed E-state index contributed by atoms with van der Waals surface area (Å²) in [6.45, 7) is 3.56. The fourth-order valence-corrected chi connectivity index (χ4v) is 1.24. The second-order valence-corrected chi connectivity index (χ2v) is 3.52. The number of carboxylic acids is 1. The second kappa shape index (κ2) is 10.5. The summed E-state index contributed by atoms with van der Waals surface area (Å²) < 4.78 is 5.30. The van der Waals surface area contributed by atoms with Gasteiger partial charge in [-0.2, -0.15) is 0 Å². The van der Waals surface area contributed by atoms with Crippen molar-refractivity contribution in [1.29, 1.82) is 0 Å². The molecule has 0 aliphatic carbocycles. The minimum absolute atomic E-state index is 0.218. The van der Waals surface area contributed by atoms with Gasteiger partial charge in [-0.05, 0) is 12.8 Å². The Bertz CT molecular complexity index is 134. The summed E-state index contributed by atoms with van der Waals surface area (Å²) >= 11 is 0. The van der Waals surface area contributed by atoms with Gasteiger partial charge in [0.05, 0.1) is 0 Å². The number of rotatable bonds is 10. The third-order valence-electron chi connectivity index (χ3n) is 2.07. The van der Waals surface area contributed by atoms with E-state index in [1.165, 1.54) is 25.7 Å². The van der Waals surface area contributed by atoms with Crippen LogP contribution in [0.3, 0.4) is 0 Å². The van der Waals surface area contributed by atoms with Crippen molar-refractivity contribution in [2.24, 2.45) is 0 Å². The van der Waals surface area contributed by atoms with Gasteiger partial charge in [0.15, 0.2) is 0 Å². The molecular weight excluding hydrogens is 180 g/mol. The number of carbonyl (C=O) groups is 1. The number of unbranched alkanes of at least 4 members (excludes halogenated alkanes) is 4. The van der Waals surface area contributed by atoms with E-state index in [9.17, 15) is 4.79 Å². The first-order chi connectivity index (χ1) is 6.77. The number of carboxylic acid groups (broad SMARTS) is 1. The summed E-state index contributed by atoms with van der Waals surface area (Å²) in [5, 5.41) is 8.36. The Hall–Kier alpha value is -0.570. The maximum Gasteiger partial charge on any atom is 0.303 e. The Kier molecular flexibility index (Phi) is 10.1. The summed E-state index contributed by atoms with van der Waals surface area (Å²) in [6, 6.07) is 0. The summed E-state index contributed by atoms with van der Waals surface area (Å²) in [7, 11) is 0. The predicted octanol–water partition coefficient (Wildman–Crippen LogP) is 2.84. The van der Waals surface area contributed by atoms with Gasteiger partial charge in [0.1, 0.15) is 0 Å². The van der Waals surface area contributed by atoms with E-state index in [1.807, 2.05) is 0 Å². The standard InChI is InChI=1S/C11H22O3/c1-2-3-4-5-6-9-14-10-7-8-11(12)13/h2-10H2,1H3,(H,12,13). The summed E-state index contributed by atoms with van der Waals surface area (Å²) in [5.41, 5.74) is 0. The molecule has 0 aliphatic heterocycles. The first kappa shape index (κ1) is 13.4. The van der Waals surface area contributed by atoms with Gasteiger partial charge in [-0.15, -0.1) is 0 Å². The predicted molar refractivity (Wildman–Crippen MR) is 56.4 cm³/mol. The quantitative estimate of drug-likeness (QED) is 0.554. The zero-order chi connectivity index (χ0) is 10.6. The molecule has 0 fully saturated rings. The monoisotopic (exact) mass is 202 g/mol. The summed E-state index contributed by atoms with van der Waals surface area (Å²) in [5.74, 6) is -0.739. The summed E-state index contributed by atoms with van der Waals surface area (Å²) in [6.07, 6.45) is 7.04. The van der Waals surface area contributed by atoms with Crippen LogP contribution in [0.4, 0.5) is 0 Å². The molecule has 0 aromatic rings. The molecule has 0 heterocycles. The molecule has 0 amide bonds. The maximum absolute atomic E-state index is 10.2. The molecule has 0 unspecified atom stereocenters. The number of hydrogen-bond donors (Lipinski definition) is 1. The molecule has 84 valence electrons. The van der Waals surface area contributed by atoms with Gasteiger partial charge in [0.2, 0.25) is 0 Å². The second-order valence-electron chi connectivity index (χ2n) is 3.52. The minimum Gasteiger partial charge on any atom is -0.481 e. The van der Waals surface area contributed by atoms with Crippen LogP contribution in [0.15, 0.2) is 0 Å². The van der Waals surface area contributed by atoms with Crippen molar-refractivity contribution in [3.63, 3.8) is 0 Å². The van der Waals surface area contributed by atoms with E-state index in [2.05, 4.69) is 6.92 Å². The molecule has 14 heavy (non-hydrogen) atoms. The fraction of sp³-hybridized carbons (Fsp3) is 0.909. The smallest absolute Gasteiger partial charge is 0.303 e. The first-order valence-corrected chi connectivity index (χ1v) is 5.57. The van der Waals surface area contributed by atoms with Crippen LogP contribution in [0.5, 0.6) is 0 Å². The van der Waals surface area contributed by atoms with E-state index in [0.29, 0.717) is 13.0 Å². The van der Waals surface area contributed by atoms with E-state index in [-0.39, 0.29) is 6.42 Å². The van der Waals surface area contributed by atoms with Crippen LogP contribution in [-0.2, 0) is 9.53 Å².